The molecule has 1 saturated carbocycles. The van der Waals surface area contributed by atoms with Crippen LogP contribution in [0.15, 0.2) is 91.1 Å². The van der Waals surface area contributed by atoms with Crippen LogP contribution in [0.1, 0.15) is 135 Å². The minimum atomic E-state index is -0.870. The van der Waals surface area contributed by atoms with Gasteiger partial charge in [-0.2, -0.15) is 0 Å². The first-order chi connectivity index (χ1) is 39.1. The molecule has 6 N–H and O–H groups in total. The molecule has 82 heavy (non-hydrogen) atoms. The van der Waals surface area contributed by atoms with E-state index >= 15 is 4.39 Å². The Hall–Kier alpha value is -7.81. The summed E-state index contributed by atoms with van der Waals surface area (Å²) >= 11 is 0. The number of benzene rings is 3. The zero-order valence-corrected chi connectivity index (χ0v) is 47.5. The van der Waals surface area contributed by atoms with Crippen molar-refractivity contribution in [3.8, 4) is 11.3 Å². The highest BCUT2D eigenvalue weighted by Gasteiger charge is 2.47. The highest BCUT2D eigenvalue weighted by molar-refractivity contribution is 6.12. The zero-order chi connectivity index (χ0) is 59.1. The Morgan fingerprint density at radius 1 is 0.915 bits per heavy atom. The Labute approximate surface area is 477 Å². The molecule has 0 radical (unpaired) electrons. The molecule has 0 bridgehead atoms. The van der Waals surface area contributed by atoms with Gasteiger partial charge in [0, 0.05) is 86.7 Å². The molecule has 3 heterocycles. The molecule has 4 atom stereocenters. The molecule has 2 fully saturated rings. The van der Waals surface area contributed by atoms with E-state index in [-0.39, 0.29) is 92.1 Å². The molecule has 21 heteroatoms. The number of ketones is 1. The number of nitrogens with zero attached hydrogens (tertiary/aromatic N) is 4. The Bertz CT molecular complexity index is 2930. The molecule has 2 aliphatic heterocycles. The predicted molar refractivity (Wildman–Crippen MR) is 302 cm³/mol. The first-order valence-corrected chi connectivity index (χ1v) is 28.3. The quantitative estimate of drug-likeness (QED) is 0.0255. The van der Waals surface area contributed by atoms with Gasteiger partial charge in [0.1, 0.15) is 30.2 Å². The van der Waals surface area contributed by atoms with E-state index in [0.717, 1.165) is 35.1 Å². The van der Waals surface area contributed by atoms with Crippen molar-refractivity contribution >= 4 is 53.1 Å². The van der Waals surface area contributed by atoms with Crippen LogP contribution >= 0.6 is 0 Å². The summed E-state index contributed by atoms with van der Waals surface area (Å²) in [7, 11) is 0. The van der Waals surface area contributed by atoms with Crippen molar-refractivity contribution in [1.82, 2.24) is 35.3 Å². The van der Waals surface area contributed by atoms with Crippen LogP contribution in [0.2, 0.25) is 0 Å². The largest absolute Gasteiger partial charge is 0.445 e. The second-order valence-electron chi connectivity index (χ2n) is 23.0. The number of nitrogens with one attached hydrogen (secondary N) is 4. The van der Waals surface area contributed by atoms with Gasteiger partial charge in [-0.3, -0.25) is 33.7 Å². The number of unbranched alkanes of at least 4 members (excludes halogenated alkanes) is 2. The Balaban J connectivity index is 0.961. The molecular formula is C61H77F2N9O10. The van der Waals surface area contributed by atoms with Gasteiger partial charge in [-0.25, -0.2) is 23.4 Å². The van der Waals surface area contributed by atoms with Gasteiger partial charge in [-0.05, 0) is 111 Å². The molecule has 19 nitrogen and oxygen atoms in total. The third-order valence-electron chi connectivity index (χ3n) is 15.1. The van der Waals surface area contributed by atoms with E-state index in [4.69, 9.17) is 20.2 Å². The van der Waals surface area contributed by atoms with Gasteiger partial charge < -0.3 is 45.9 Å². The van der Waals surface area contributed by atoms with E-state index in [1.54, 1.807) is 49.2 Å². The number of halogens is 2. The predicted octanol–water partition coefficient (Wildman–Crippen LogP) is 8.41. The van der Waals surface area contributed by atoms with Gasteiger partial charge in [0.15, 0.2) is 5.78 Å². The number of urea groups is 1. The molecule has 440 valence electrons. The fraction of sp³-hybridized carbons (Fsp3) is 0.492. The normalized spacial score (nSPS) is 16.6. The lowest BCUT2D eigenvalue weighted by Crippen LogP contribution is -2.49. The molecule has 4 aromatic rings. The first-order valence-electron chi connectivity index (χ1n) is 28.3. The monoisotopic (exact) mass is 1130 g/mol. The van der Waals surface area contributed by atoms with E-state index in [1.165, 1.54) is 12.2 Å². The van der Waals surface area contributed by atoms with E-state index in [2.05, 4.69) is 21.3 Å². The van der Waals surface area contributed by atoms with Crippen molar-refractivity contribution < 1.29 is 56.6 Å². The highest BCUT2D eigenvalue weighted by atomic mass is 19.1. The first kappa shape index (κ1) is 61.8. The minimum absolute atomic E-state index is 0.00529. The summed E-state index contributed by atoms with van der Waals surface area (Å²) in [5, 5.41) is 11.3. The van der Waals surface area contributed by atoms with Crippen molar-refractivity contribution in [3.63, 3.8) is 0 Å². The van der Waals surface area contributed by atoms with Crippen molar-refractivity contribution in [1.29, 1.82) is 0 Å². The number of hydrogen-bond donors (Lipinski definition) is 5. The summed E-state index contributed by atoms with van der Waals surface area (Å²) in [6.45, 7) is 10.9. The lowest BCUT2D eigenvalue weighted by molar-refractivity contribution is -0.146. The lowest BCUT2D eigenvalue weighted by Gasteiger charge is -2.41. The second kappa shape index (κ2) is 28.3. The fourth-order valence-electron chi connectivity index (χ4n) is 10.5. The van der Waals surface area contributed by atoms with Gasteiger partial charge in [-0.15, -0.1) is 0 Å². The van der Waals surface area contributed by atoms with Crippen LogP contribution < -0.4 is 27.0 Å². The number of primary amides is 1. The van der Waals surface area contributed by atoms with Crippen LogP contribution in [0.5, 0.6) is 0 Å². The average molecular weight is 1130 g/mol. The molecule has 1 saturated heterocycles. The van der Waals surface area contributed by atoms with E-state index < -0.39 is 64.7 Å². The second-order valence-corrected chi connectivity index (χ2v) is 23.0. The molecule has 0 spiro atoms. The topological polar surface area (TPSA) is 253 Å². The standard InChI is InChI=1S/C61H77F2N9O10/c1-39(2)53(68-50(74)18-10-7-11-31-71-51(75)25-26-52(71)76)48(73)34-42(16-12-30-65-58(64)79)56(77)66-44-22-19-41(20-23-44)38-82-59(80)69-61(27-28-61)29-32-72(57(78)49-17-13-33-81-49)54(60(3,4)5)55-67-47(45-35-43(62)21-24-46(45)63)37-70(55)36-40-14-8-6-9-15-40/h6,8-9,14-15,19-26,35,37,39,42,49,53-54H,7,10-13,16-18,27-34,36,38H2,1-5H3,(H,66,77)(H,68,74)(H,69,80)(H3,64,65,79)/t42-,49+,53+,54+/m1/s1. The third-order valence-corrected chi connectivity index (χ3v) is 15.1. The van der Waals surface area contributed by atoms with Gasteiger partial charge in [0.05, 0.1) is 17.8 Å². The number of aromatic nitrogens is 2. The average Bonchev–Trinajstić information content (AvgIpc) is 3.72. The smallest absolute Gasteiger partial charge is 0.407 e. The number of carbonyl (C=O) groups excluding carboxylic acids is 8. The summed E-state index contributed by atoms with van der Waals surface area (Å²) in [6.07, 6.45) is 7.80. The maximum atomic E-state index is 15.4. The maximum Gasteiger partial charge on any atom is 0.407 e. The SMILES string of the molecule is CC(C)[C@H](NC(=O)CCCCCN1C(=O)C=CC1=O)C(=O)C[C@@H](CCCNC(N)=O)C(=O)Nc1ccc(COC(=O)NC2(CCN(C(=O)[C@@H]3CCCO3)[C@@H](c3nc(-c4cc(F)ccc4F)cn3Cc3ccccc3)C(C)(C)C)CC2)cc1. The summed E-state index contributed by atoms with van der Waals surface area (Å²) in [6, 6.07) is 17.3. The molecule has 1 aromatic heterocycles. The fourth-order valence-corrected chi connectivity index (χ4v) is 10.5. The van der Waals surface area contributed by atoms with E-state index in [0.29, 0.717) is 81.6 Å². The summed E-state index contributed by atoms with van der Waals surface area (Å²) in [4.78, 5) is 112. The number of alkyl carbamates (subject to hydrolysis) is 1. The Morgan fingerprint density at radius 3 is 2.28 bits per heavy atom. The van der Waals surface area contributed by atoms with Gasteiger partial charge in [-0.1, -0.05) is 83.5 Å². The molecule has 0 unspecified atom stereocenters. The number of ether oxygens (including phenoxy) is 2. The molecule has 8 amide bonds. The number of imidazole rings is 1. The van der Waals surface area contributed by atoms with Crippen LogP contribution in [-0.2, 0) is 51.4 Å². The van der Waals surface area contributed by atoms with E-state index in [9.17, 15) is 42.7 Å². The highest BCUT2D eigenvalue weighted by Crippen LogP contribution is 2.44. The molecule has 7 rings (SSSR count). The summed E-state index contributed by atoms with van der Waals surface area (Å²) in [5.41, 5.74) is 6.13. The van der Waals surface area contributed by atoms with Gasteiger partial charge >= 0.3 is 12.1 Å². The number of carbonyl (C=O) groups is 8. The van der Waals surface area contributed by atoms with Crippen molar-refractivity contribution in [2.45, 2.75) is 149 Å². The van der Waals surface area contributed by atoms with Crippen molar-refractivity contribution in [3.05, 3.63) is 120 Å². The van der Waals surface area contributed by atoms with Crippen molar-refractivity contribution in [2.24, 2.45) is 23.0 Å². The van der Waals surface area contributed by atoms with Crippen LogP contribution in [0.3, 0.4) is 0 Å². The van der Waals surface area contributed by atoms with E-state index in [1.807, 2.05) is 55.7 Å². The van der Waals surface area contributed by atoms with Gasteiger partial charge in [0.2, 0.25) is 11.8 Å². The molecule has 3 aliphatic rings. The summed E-state index contributed by atoms with van der Waals surface area (Å²) < 4.78 is 43.5. The minimum Gasteiger partial charge on any atom is -0.445 e. The maximum absolute atomic E-state index is 15.4. The number of imide groups is 1. The molecular weight excluding hydrogens is 1060 g/mol. The number of nitrogens with two attached hydrogens (primary N) is 1. The van der Waals surface area contributed by atoms with Crippen LogP contribution in [0.25, 0.3) is 11.3 Å². The van der Waals surface area contributed by atoms with Gasteiger partial charge in [0.25, 0.3) is 17.7 Å². The Kier molecular flexibility index (Phi) is 21.3. The number of hydrogen-bond acceptors (Lipinski definition) is 11. The van der Waals surface area contributed by atoms with Crippen LogP contribution in [-0.4, -0.2) is 111 Å². The lowest BCUT2D eigenvalue weighted by atomic mass is 9.84. The van der Waals surface area contributed by atoms with Crippen LogP contribution in [0.4, 0.5) is 24.1 Å². The van der Waals surface area contributed by atoms with Crippen molar-refractivity contribution in [2.75, 3.05) is 31.6 Å². The number of Topliss-reactive ketones (excluding diaryl/α,β-unsaturated/α-hetero) is 1. The third kappa shape index (κ3) is 17.4. The Morgan fingerprint density at radius 2 is 1.63 bits per heavy atom. The number of amides is 8. The zero-order valence-electron chi connectivity index (χ0n) is 47.5. The molecule has 3 aromatic carbocycles. The van der Waals surface area contributed by atoms with Crippen LogP contribution in [0, 0.1) is 28.9 Å². The number of rotatable bonds is 29. The molecule has 1 aliphatic carbocycles. The summed E-state index contributed by atoms with van der Waals surface area (Å²) in [5.74, 6) is -3.94. The number of anilines is 1.